The molecule has 0 spiro atoms. The zero-order chi connectivity index (χ0) is 19.2. The van der Waals surface area contributed by atoms with Gasteiger partial charge in [-0.05, 0) is 37.1 Å². The second-order valence-electron chi connectivity index (χ2n) is 6.95. The first-order valence-electron chi connectivity index (χ1n) is 9.09. The highest BCUT2D eigenvalue weighted by molar-refractivity contribution is 6.30. The molecule has 1 aliphatic heterocycles. The van der Waals surface area contributed by atoms with Crippen molar-refractivity contribution < 1.29 is 9.63 Å². The number of nitrogens with zero attached hydrogens (tertiary/aromatic N) is 2. The van der Waals surface area contributed by atoms with Crippen LogP contribution in [0.15, 0.2) is 59.8 Å². The first-order valence-corrected chi connectivity index (χ1v) is 9.47. The van der Waals surface area contributed by atoms with Crippen LogP contribution < -0.4 is 5.32 Å². The number of urea groups is 1. The van der Waals surface area contributed by atoms with E-state index in [1.54, 1.807) is 4.90 Å². The van der Waals surface area contributed by atoms with Crippen molar-refractivity contribution in [3.05, 3.63) is 70.7 Å². The lowest BCUT2D eigenvalue weighted by Crippen LogP contribution is -2.45. The number of hydrogen-bond acceptors (Lipinski definition) is 3. The molecule has 5 nitrogen and oxygen atoms in total. The maximum Gasteiger partial charge on any atom is 0.318 e. The fraction of sp³-hybridized carbons (Fsp3) is 0.333. The first kappa shape index (κ1) is 19.2. The van der Waals surface area contributed by atoms with Crippen LogP contribution in [0.3, 0.4) is 0 Å². The summed E-state index contributed by atoms with van der Waals surface area (Å²) in [6.07, 6.45) is 0.485. The van der Waals surface area contributed by atoms with E-state index in [2.05, 4.69) is 10.5 Å². The smallest absolute Gasteiger partial charge is 0.318 e. The highest BCUT2D eigenvalue weighted by Gasteiger charge is 2.27. The second kappa shape index (κ2) is 8.91. The van der Waals surface area contributed by atoms with Crippen molar-refractivity contribution in [1.82, 2.24) is 10.2 Å². The Morgan fingerprint density at radius 2 is 1.93 bits per heavy atom. The third-order valence-corrected chi connectivity index (χ3v) is 4.50. The largest absolute Gasteiger partial charge is 0.390 e. The summed E-state index contributed by atoms with van der Waals surface area (Å²) in [6.45, 7) is 4.89. The van der Waals surface area contributed by atoms with E-state index in [9.17, 15) is 4.79 Å². The maximum absolute atomic E-state index is 12.6. The lowest BCUT2D eigenvalue weighted by molar-refractivity contribution is 0.0586. The van der Waals surface area contributed by atoms with Crippen molar-refractivity contribution in [2.45, 2.75) is 39.0 Å². The molecule has 27 heavy (non-hydrogen) atoms. The SMILES string of the molecule is CC(C)NC(=O)N(Cc1ccccc1)CC1CC(c2ccc(Cl)cc2)=NO1. The lowest BCUT2D eigenvalue weighted by Gasteiger charge is -2.26. The van der Waals surface area contributed by atoms with Gasteiger partial charge in [0.2, 0.25) is 0 Å². The van der Waals surface area contributed by atoms with Crippen molar-refractivity contribution in [1.29, 1.82) is 0 Å². The van der Waals surface area contributed by atoms with Crippen LogP contribution >= 0.6 is 11.6 Å². The molecule has 0 bridgehead atoms. The molecule has 6 heteroatoms. The molecule has 0 saturated heterocycles. The summed E-state index contributed by atoms with van der Waals surface area (Å²) in [5.74, 6) is 0. The van der Waals surface area contributed by atoms with Gasteiger partial charge in [-0.25, -0.2) is 4.79 Å². The minimum Gasteiger partial charge on any atom is -0.390 e. The molecule has 2 amide bonds. The van der Waals surface area contributed by atoms with Gasteiger partial charge in [-0.1, -0.05) is 59.2 Å². The average Bonchev–Trinajstić information content (AvgIpc) is 3.10. The van der Waals surface area contributed by atoms with E-state index >= 15 is 0 Å². The molecule has 1 atom stereocenters. The molecule has 3 rings (SSSR count). The van der Waals surface area contributed by atoms with E-state index in [1.807, 2.05) is 68.4 Å². The van der Waals surface area contributed by atoms with E-state index in [0.717, 1.165) is 16.8 Å². The third kappa shape index (κ3) is 5.47. The summed E-state index contributed by atoms with van der Waals surface area (Å²) in [7, 11) is 0. The predicted molar refractivity (Wildman–Crippen MR) is 108 cm³/mol. The Balaban J connectivity index is 1.65. The molecule has 0 radical (unpaired) electrons. The predicted octanol–water partition coefficient (Wildman–Crippen LogP) is 4.45. The van der Waals surface area contributed by atoms with Crippen LogP contribution in [0.25, 0.3) is 0 Å². The van der Waals surface area contributed by atoms with E-state index in [-0.39, 0.29) is 18.2 Å². The Bertz CT molecular complexity index is 791. The summed E-state index contributed by atoms with van der Waals surface area (Å²) in [6, 6.07) is 17.5. The molecule has 2 aromatic carbocycles. The molecular formula is C21H24ClN3O2. The Kier molecular flexibility index (Phi) is 6.35. The van der Waals surface area contributed by atoms with E-state index in [1.165, 1.54) is 0 Å². The highest BCUT2D eigenvalue weighted by Crippen LogP contribution is 2.20. The Labute approximate surface area is 165 Å². The summed E-state index contributed by atoms with van der Waals surface area (Å²) in [4.78, 5) is 20.0. The topological polar surface area (TPSA) is 53.9 Å². The van der Waals surface area contributed by atoms with Crippen LogP contribution in [0.1, 0.15) is 31.4 Å². The molecule has 1 unspecified atom stereocenters. The number of benzene rings is 2. The molecule has 1 heterocycles. The number of rotatable bonds is 6. The molecular weight excluding hydrogens is 362 g/mol. The summed E-state index contributed by atoms with van der Waals surface area (Å²) < 4.78 is 0. The van der Waals surface area contributed by atoms with Gasteiger partial charge in [-0.15, -0.1) is 0 Å². The number of halogens is 1. The molecule has 2 aromatic rings. The van der Waals surface area contributed by atoms with Gasteiger partial charge in [0.15, 0.2) is 6.10 Å². The summed E-state index contributed by atoms with van der Waals surface area (Å²) in [5, 5.41) is 7.87. The van der Waals surface area contributed by atoms with Crippen molar-refractivity contribution in [2.24, 2.45) is 5.16 Å². The van der Waals surface area contributed by atoms with Gasteiger partial charge in [0.25, 0.3) is 0 Å². The van der Waals surface area contributed by atoms with Crippen LogP contribution in [0, 0.1) is 0 Å². The Morgan fingerprint density at radius 1 is 1.22 bits per heavy atom. The zero-order valence-electron chi connectivity index (χ0n) is 15.6. The Morgan fingerprint density at radius 3 is 2.59 bits per heavy atom. The van der Waals surface area contributed by atoms with Crippen molar-refractivity contribution in [2.75, 3.05) is 6.54 Å². The van der Waals surface area contributed by atoms with Gasteiger partial charge < -0.3 is 15.1 Å². The molecule has 0 fully saturated rings. The number of carbonyl (C=O) groups is 1. The molecule has 0 aliphatic carbocycles. The van der Waals surface area contributed by atoms with Gasteiger partial charge in [0.05, 0.1) is 12.3 Å². The van der Waals surface area contributed by atoms with Gasteiger partial charge >= 0.3 is 6.03 Å². The van der Waals surface area contributed by atoms with E-state index < -0.39 is 0 Å². The Hall–Kier alpha value is -2.53. The van der Waals surface area contributed by atoms with Crippen molar-refractivity contribution >= 4 is 23.3 Å². The van der Waals surface area contributed by atoms with Gasteiger partial charge in [-0.2, -0.15) is 0 Å². The number of nitrogens with one attached hydrogen (secondary N) is 1. The quantitative estimate of drug-likeness (QED) is 0.798. The van der Waals surface area contributed by atoms with Crippen LogP contribution in [-0.2, 0) is 11.4 Å². The normalized spacial score (nSPS) is 16.0. The fourth-order valence-electron chi connectivity index (χ4n) is 2.95. The number of hydrogen-bond donors (Lipinski definition) is 1. The van der Waals surface area contributed by atoms with Gasteiger partial charge in [0, 0.05) is 24.0 Å². The monoisotopic (exact) mass is 385 g/mol. The fourth-order valence-corrected chi connectivity index (χ4v) is 3.07. The number of oxime groups is 1. The molecule has 1 N–H and O–H groups in total. The maximum atomic E-state index is 12.6. The van der Waals surface area contributed by atoms with Gasteiger partial charge in [-0.3, -0.25) is 0 Å². The average molecular weight is 386 g/mol. The zero-order valence-corrected chi connectivity index (χ0v) is 16.3. The van der Waals surface area contributed by atoms with Gasteiger partial charge in [0.1, 0.15) is 0 Å². The summed E-state index contributed by atoms with van der Waals surface area (Å²) in [5.41, 5.74) is 2.94. The highest BCUT2D eigenvalue weighted by atomic mass is 35.5. The molecule has 1 aliphatic rings. The minimum atomic E-state index is -0.169. The van der Waals surface area contributed by atoms with Crippen molar-refractivity contribution in [3.63, 3.8) is 0 Å². The minimum absolute atomic E-state index is 0.0705. The van der Waals surface area contributed by atoms with Crippen molar-refractivity contribution in [3.8, 4) is 0 Å². The summed E-state index contributed by atoms with van der Waals surface area (Å²) >= 11 is 5.95. The molecule has 0 saturated carbocycles. The standard InChI is InChI=1S/C21H24ClN3O2/c1-15(2)23-21(26)25(13-16-6-4-3-5-7-16)14-19-12-20(24-27-19)17-8-10-18(22)11-9-17/h3-11,15,19H,12-14H2,1-2H3,(H,23,26). The first-order chi connectivity index (χ1) is 13.0. The van der Waals surface area contributed by atoms with Crippen LogP contribution in [-0.4, -0.2) is 35.3 Å². The second-order valence-corrected chi connectivity index (χ2v) is 7.38. The third-order valence-electron chi connectivity index (χ3n) is 4.25. The van der Waals surface area contributed by atoms with Crippen LogP contribution in [0.5, 0.6) is 0 Å². The lowest BCUT2D eigenvalue weighted by atomic mass is 10.0. The van der Waals surface area contributed by atoms with E-state index in [0.29, 0.717) is 24.5 Å². The van der Waals surface area contributed by atoms with Crippen LogP contribution in [0.2, 0.25) is 5.02 Å². The van der Waals surface area contributed by atoms with Crippen LogP contribution in [0.4, 0.5) is 4.79 Å². The van der Waals surface area contributed by atoms with E-state index in [4.69, 9.17) is 16.4 Å². The molecule has 0 aromatic heterocycles. The number of carbonyl (C=O) groups excluding carboxylic acids is 1. The number of amides is 2. The molecule has 142 valence electrons.